The summed E-state index contributed by atoms with van der Waals surface area (Å²) in [6.45, 7) is 10.6. The molecule has 1 N–H and O–H groups in total. The standard InChI is InChI=1S/C17H30N2O3/c1-16(2,19-7-4-3-5-8-19)11-18-10-14-6-9-22-13-17(14,12-18)15(20)21/h14H,3-13H2,1-2H3,(H,20,21)/t14-,17+/m0/s1. The van der Waals surface area contributed by atoms with Crippen LogP contribution < -0.4 is 0 Å². The number of likely N-dealkylation sites (tertiary alicyclic amines) is 2. The molecule has 0 aromatic heterocycles. The van der Waals surface area contributed by atoms with Crippen molar-refractivity contribution in [2.45, 2.75) is 45.1 Å². The summed E-state index contributed by atoms with van der Waals surface area (Å²) < 4.78 is 5.52. The molecule has 0 spiro atoms. The van der Waals surface area contributed by atoms with Gasteiger partial charge in [0, 0.05) is 31.8 Å². The summed E-state index contributed by atoms with van der Waals surface area (Å²) in [5.41, 5.74) is -0.551. The summed E-state index contributed by atoms with van der Waals surface area (Å²) in [7, 11) is 0. The number of carboxylic acids is 1. The zero-order chi connectivity index (χ0) is 15.8. The molecule has 3 fully saturated rings. The van der Waals surface area contributed by atoms with Crippen LogP contribution in [0.3, 0.4) is 0 Å². The SMILES string of the molecule is CC(C)(CN1C[C@@H]2CCOC[C@]2(C(=O)O)C1)N1CCCCC1. The van der Waals surface area contributed by atoms with Crippen LogP contribution in [-0.2, 0) is 9.53 Å². The van der Waals surface area contributed by atoms with Crippen molar-refractivity contribution in [2.24, 2.45) is 11.3 Å². The summed E-state index contributed by atoms with van der Waals surface area (Å²) in [6.07, 6.45) is 4.81. The van der Waals surface area contributed by atoms with Crippen LogP contribution in [0.5, 0.6) is 0 Å². The Morgan fingerprint density at radius 2 is 2.05 bits per heavy atom. The van der Waals surface area contributed by atoms with E-state index in [1.165, 1.54) is 32.4 Å². The van der Waals surface area contributed by atoms with Crippen molar-refractivity contribution in [3.63, 3.8) is 0 Å². The molecule has 22 heavy (non-hydrogen) atoms. The second kappa shape index (κ2) is 6.10. The fourth-order valence-electron chi connectivity index (χ4n) is 4.66. The second-order valence-corrected chi connectivity index (χ2v) is 8.03. The number of nitrogens with zero attached hydrogens (tertiary/aromatic N) is 2. The van der Waals surface area contributed by atoms with Gasteiger partial charge < -0.3 is 9.84 Å². The summed E-state index contributed by atoms with van der Waals surface area (Å²) >= 11 is 0. The Balaban J connectivity index is 1.67. The monoisotopic (exact) mass is 310 g/mol. The molecule has 0 aliphatic carbocycles. The molecule has 3 aliphatic rings. The van der Waals surface area contributed by atoms with Crippen molar-refractivity contribution in [3.8, 4) is 0 Å². The van der Waals surface area contributed by atoms with E-state index in [0.717, 1.165) is 19.5 Å². The van der Waals surface area contributed by atoms with E-state index in [-0.39, 0.29) is 11.5 Å². The predicted octanol–water partition coefficient (Wildman–Crippen LogP) is 1.67. The lowest BCUT2D eigenvalue weighted by atomic mass is 9.76. The van der Waals surface area contributed by atoms with Gasteiger partial charge in [0.1, 0.15) is 5.41 Å². The molecular weight excluding hydrogens is 280 g/mol. The van der Waals surface area contributed by atoms with Gasteiger partial charge >= 0.3 is 5.97 Å². The first-order valence-electron chi connectivity index (χ1n) is 8.73. The highest BCUT2D eigenvalue weighted by Gasteiger charge is 2.54. The third-order valence-corrected chi connectivity index (χ3v) is 5.98. The van der Waals surface area contributed by atoms with Crippen LogP contribution in [-0.4, -0.2) is 72.4 Å². The first-order chi connectivity index (χ1) is 10.4. The van der Waals surface area contributed by atoms with Gasteiger partial charge in [-0.15, -0.1) is 0 Å². The first-order valence-corrected chi connectivity index (χ1v) is 8.73. The Hall–Kier alpha value is -0.650. The number of hydrogen-bond donors (Lipinski definition) is 1. The number of carbonyl (C=O) groups is 1. The third kappa shape index (κ3) is 2.91. The molecule has 3 rings (SSSR count). The molecule has 0 bridgehead atoms. The number of carboxylic acid groups (broad SMARTS) is 1. The number of hydrogen-bond acceptors (Lipinski definition) is 4. The van der Waals surface area contributed by atoms with Crippen LogP contribution in [0.2, 0.25) is 0 Å². The van der Waals surface area contributed by atoms with Crippen LogP contribution >= 0.6 is 0 Å². The van der Waals surface area contributed by atoms with Gasteiger partial charge in [-0.3, -0.25) is 14.6 Å². The van der Waals surface area contributed by atoms with Gasteiger partial charge in [0.25, 0.3) is 0 Å². The molecule has 3 aliphatic heterocycles. The fourth-order valence-corrected chi connectivity index (χ4v) is 4.66. The van der Waals surface area contributed by atoms with Crippen molar-refractivity contribution in [1.29, 1.82) is 0 Å². The van der Waals surface area contributed by atoms with E-state index < -0.39 is 11.4 Å². The average Bonchev–Trinajstić information content (AvgIpc) is 2.86. The highest BCUT2D eigenvalue weighted by molar-refractivity contribution is 5.76. The molecule has 126 valence electrons. The molecule has 0 unspecified atom stereocenters. The van der Waals surface area contributed by atoms with Crippen LogP contribution in [0.25, 0.3) is 0 Å². The fraction of sp³-hybridized carbons (Fsp3) is 0.941. The normalized spacial score (nSPS) is 34.5. The van der Waals surface area contributed by atoms with Gasteiger partial charge in [-0.25, -0.2) is 0 Å². The minimum atomic E-state index is -0.671. The van der Waals surface area contributed by atoms with Crippen LogP contribution in [0.4, 0.5) is 0 Å². The van der Waals surface area contributed by atoms with Crippen LogP contribution in [0.1, 0.15) is 39.5 Å². The average molecular weight is 310 g/mol. The third-order valence-electron chi connectivity index (χ3n) is 5.98. The number of aliphatic carboxylic acids is 1. The molecule has 3 saturated heterocycles. The van der Waals surface area contributed by atoms with E-state index >= 15 is 0 Å². The van der Waals surface area contributed by atoms with E-state index in [1.807, 2.05) is 0 Å². The van der Waals surface area contributed by atoms with Crippen molar-refractivity contribution < 1.29 is 14.6 Å². The zero-order valence-corrected chi connectivity index (χ0v) is 14.0. The topological polar surface area (TPSA) is 53.0 Å². The van der Waals surface area contributed by atoms with Gasteiger partial charge in [0.05, 0.1) is 6.61 Å². The Bertz CT molecular complexity index is 420. The van der Waals surface area contributed by atoms with Gasteiger partial charge in [0.2, 0.25) is 0 Å². The van der Waals surface area contributed by atoms with E-state index in [1.54, 1.807) is 0 Å². The van der Waals surface area contributed by atoms with Crippen molar-refractivity contribution in [3.05, 3.63) is 0 Å². The molecule has 0 aromatic carbocycles. The highest BCUT2D eigenvalue weighted by atomic mass is 16.5. The quantitative estimate of drug-likeness (QED) is 0.856. The van der Waals surface area contributed by atoms with Gasteiger partial charge in [-0.05, 0) is 52.1 Å². The van der Waals surface area contributed by atoms with Crippen LogP contribution in [0, 0.1) is 11.3 Å². The Labute approximate surface area is 133 Å². The van der Waals surface area contributed by atoms with Crippen LogP contribution in [0.15, 0.2) is 0 Å². The van der Waals surface area contributed by atoms with E-state index in [4.69, 9.17) is 4.74 Å². The molecule has 5 nitrogen and oxygen atoms in total. The Morgan fingerprint density at radius 3 is 2.68 bits per heavy atom. The molecular formula is C17H30N2O3. The second-order valence-electron chi connectivity index (χ2n) is 8.03. The summed E-state index contributed by atoms with van der Waals surface area (Å²) in [6, 6.07) is 0. The van der Waals surface area contributed by atoms with Gasteiger partial charge in [0.15, 0.2) is 0 Å². The minimum Gasteiger partial charge on any atom is -0.481 e. The number of rotatable bonds is 4. The lowest BCUT2D eigenvalue weighted by Crippen LogP contribution is -2.53. The lowest BCUT2D eigenvalue weighted by Gasteiger charge is -2.43. The summed E-state index contributed by atoms with van der Waals surface area (Å²) in [4.78, 5) is 16.8. The predicted molar refractivity (Wildman–Crippen MR) is 84.9 cm³/mol. The maximum Gasteiger partial charge on any atom is 0.313 e. The molecule has 5 heteroatoms. The summed E-state index contributed by atoms with van der Waals surface area (Å²) in [5, 5.41) is 9.75. The number of ether oxygens (including phenoxy) is 1. The molecule has 0 radical (unpaired) electrons. The number of piperidine rings is 1. The maximum atomic E-state index is 11.9. The molecule has 0 saturated carbocycles. The smallest absolute Gasteiger partial charge is 0.313 e. The molecule has 2 atom stereocenters. The van der Waals surface area contributed by atoms with E-state index in [0.29, 0.717) is 19.8 Å². The molecule has 0 amide bonds. The van der Waals surface area contributed by atoms with Gasteiger partial charge in [-0.2, -0.15) is 0 Å². The lowest BCUT2D eigenvalue weighted by molar-refractivity contribution is -0.159. The maximum absolute atomic E-state index is 11.9. The highest BCUT2D eigenvalue weighted by Crippen LogP contribution is 2.42. The summed E-state index contributed by atoms with van der Waals surface area (Å²) in [5.74, 6) is -0.425. The van der Waals surface area contributed by atoms with E-state index in [9.17, 15) is 9.90 Å². The van der Waals surface area contributed by atoms with Crippen molar-refractivity contribution in [1.82, 2.24) is 9.80 Å². The Morgan fingerprint density at radius 1 is 1.32 bits per heavy atom. The van der Waals surface area contributed by atoms with E-state index in [2.05, 4.69) is 23.6 Å². The van der Waals surface area contributed by atoms with Crippen molar-refractivity contribution >= 4 is 5.97 Å². The van der Waals surface area contributed by atoms with Crippen molar-refractivity contribution in [2.75, 3.05) is 45.9 Å². The minimum absolute atomic E-state index is 0.120. The largest absolute Gasteiger partial charge is 0.481 e. The number of fused-ring (bicyclic) bond motifs is 1. The van der Waals surface area contributed by atoms with Gasteiger partial charge in [-0.1, -0.05) is 6.42 Å². The first kappa shape index (κ1) is 16.2. The molecule has 0 aromatic rings. The molecule has 3 heterocycles. The zero-order valence-electron chi connectivity index (χ0n) is 14.0. The Kier molecular flexibility index (Phi) is 4.49.